The number of fused-ring (bicyclic) bond motifs is 2. The number of benzene rings is 1. The fourth-order valence-electron chi connectivity index (χ4n) is 6.70. The maximum Gasteiger partial charge on any atom is 0.313 e. The second kappa shape index (κ2) is 12.8. The first kappa shape index (κ1) is 30.0. The van der Waals surface area contributed by atoms with Gasteiger partial charge in [0, 0.05) is 19.5 Å². The molecule has 0 unspecified atom stereocenters. The number of rotatable bonds is 7. The number of carbonyl (C=O) groups excluding carboxylic acids is 4. The summed E-state index contributed by atoms with van der Waals surface area (Å²) >= 11 is 0. The molecule has 226 valence electrons. The van der Waals surface area contributed by atoms with Crippen molar-refractivity contribution in [2.24, 2.45) is 11.8 Å². The molecule has 1 spiro atoms. The summed E-state index contributed by atoms with van der Waals surface area (Å²) in [6.45, 7) is 4.29. The number of allylic oxidation sites excluding steroid dienone is 1. The van der Waals surface area contributed by atoms with E-state index in [2.05, 4.69) is 5.32 Å². The van der Waals surface area contributed by atoms with Gasteiger partial charge in [-0.2, -0.15) is 0 Å². The Labute approximate surface area is 246 Å². The van der Waals surface area contributed by atoms with Crippen molar-refractivity contribution in [3.05, 3.63) is 60.2 Å². The molecule has 5 rings (SSSR count). The van der Waals surface area contributed by atoms with Crippen LogP contribution < -0.4 is 5.32 Å². The number of esters is 1. The van der Waals surface area contributed by atoms with Gasteiger partial charge in [-0.3, -0.25) is 19.2 Å². The van der Waals surface area contributed by atoms with Crippen molar-refractivity contribution in [3.63, 3.8) is 0 Å². The number of carbonyl (C=O) groups is 4. The van der Waals surface area contributed by atoms with Gasteiger partial charge in [0.2, 0.25) is 17.7 Å². The van der Waals surface area contributed by atoms with Gasteiger partial charge in [-0.15, -0.1) is 0 Å². The third-order valence-electron chi connectivity index (χ3n) is 8.76. The molecule has 0 saturated carbocycles. The van der Waals surface area contributed by atoms with Crippen LogP contribution in [0.1, 0.15) is 45.1 Å². The molecule has 4 heterocycles. The van der Waals surface area contributed by atoms with Crippen molar-refractivity contribution >= 4 is 23.7 Å². The van der Waals surface area contributed by atoms with E-state index in [4.69, 9.17) is 9.47 Å². The average molecular weight is 580 g/mol. The van der Waals surface area contributed by atoms with Crippen LogP contribution in [0.4, 0.5) is 0 Å². The quantitative estimate of drug-likeness (QED) is 0.373. The SMILES string of the molecule is CCCCN1C/C=C\CCC(=O)NC[C@H](C)OC(=O)[C@@H]2[C@H]3C(=O)N([C@@H](CO)Cc4ccccc4)[C@H](C1=O)[C@]31C=C[C@H]2O1. The minimum atomic E-state index is -1.35. The molecule has 42 heavy (non-hydrogen) atoms. The third-order valence-corrected chi connectivity index (χ3v) is 8.76. The summed E-state index contributed by atoms with van der Waals surface area (Å²) in [6, 6.07) is 7.76. The number of aliphatic hydroxyl groups is 1. The zero-order valence-electron chi connectivity index (χ0n) is 24.3. The number of likely N-dealkylation sites (tertiary alicyclic amines) is 1. The van der Waals surface area contributed by atoms with E-state index < -0.39 is 53.6 Å². The van der Waals surface area contributed by atoms with Gasteiger partial charge in [0.25, 0.3) is 0 Å². The second-order valence-electron chi connectivity index (χ2n) is 11.7. The lowest BCUT2D eigenvalue weighted by atomic mass is 9.74. The van der Waals surface area contributed by atoms with Crippen LogP contribution in [0.2, 0.25) is 0 Å². The highest BCUT2D eigenvalue weighted by molar-refractivity contribution is 5.99. The fraction of sp³-hybridized carbons (Fsp3) is 0.562. The first-order chi connectivity index (χ1) is 20.3. The zero-order chi connectivity index (χ0) is 29.9. The number of nitrogens with zero attached hydrogens (tertiary/aromatic N) is 2. The number of cyclic esters (lactones) is 1. The monoisotopic (exact) mass is 579 g/mol. The number of amides is 3. The van der Waals surface area contributed by atoms with Crippen LogP contribution in [0.15, 0.2) is 54.6 Å². The Morgan fingerprint density at radius 2 is 1.90 bits per heavy atom. The molecule has 10 nitrogen and oxygen atoms in total. The Bertz CT molecular complexity index is 1230. The fourth-order valence-corrected chi connectivity index (χ4v) is 6.70. The van der Waals surface area contributed by atoms with Gasteiger partial charge in [0.1, 0.15) is 23.7 Å². The van der Waals surface area contributed by atoms with Crippen LogP contribution in [0.25, 0.3) is 0 Å². The zero-order valence-corrected chi connectivity index (χ0v) is 24.3. The number of hydrogen-bond donors (Lipinski definition) is 2. The van der Waals surface area contributed by atoms with Crippen molar-refractivity contribution in [1.29, 1.82) is 0 Å². The molecule has 2 N–H and O–H groups in total. The molecular formula is C32H41N3O7. The first-order valence-corrected chi connectivity index (χ1v) is 15.1. The van der Waals surface area contributed by atoms with Crippen LogP contribution in [-0.2, 0) is 35.1 Å². The van der Waals surface area contributed by atoms with Gasteiger partial charge in [-0.1, -0.05) is 68.0 Å². The number of aliphatic hydroxyl groups excluding tert-OH is 1. The highest BCUT2D eigenvalue weighted by atomic mass is 16.6. The summed E-state index contributed by atoms with van der Waals surface area (Å²) in [6.07, 6.45) is 8.69. The van der Waals surface area contributed by atoms with E-state index in [0.717, 1.165) is 18.4 Å². The number of unbranched alkanes of at least 4 members (excludes halogenated alkanes) is 1. The average Bonchev–Trinajstić information content (AvgIpc) is 3.63. The lowest BCUT2D eigenvalue weighted by Gasteiger charge is -2.39. The largest absolute Gasteiger partial charge is 0.460 e. The van der Waals surface area contributed by atoms with Crippen LogP contribution in [0.5, 0.6) is 0 Å². The first-order valence-electron chi connectivity index (χ1n) is 15.1. The Kier molecular flexibility index (Phi) is 9.13. The predicted octanol–water partition coefficient (Wildman–Crippen LogP) is 1.77. The number of hydrogen-bond acceptors (Lipinski definition) is 7. The molecule has 0 radical (unpaired) electrons. The summed E-state index contributed by atoms with van der Waals surface area (Å²) in [4.78, 5) is 58.1. The van der Waals surface area contributed by atoms with E-state index in [1.54, 1.807) is 24.0 Å². The summed E-state index contributed by atoms with van der Waals surface area (Å²) in [5.74, 6) is -3.36. The summed E-state index contributed by atoms with van der Waals surface area (Å²) < 4.78 is 12.2. The molecule has 4 aliphatic rings. The van der Waals surface area contributed by atoms with Gasteiger partial charge in [0.05, 0.1) is 31.2 Å². The number of ether oxygens (including phenoxy) is 2. The second-order valence-corrected chi connectivity index (χ2v) is 11.7. The van der Waals surface area contributed by atoms with Gasteiger partial charge in [-0.25, -0.2) is 0 Å². The molecule has 4 aliphatic heterocycles. The third kappa shape index (κ3) is 5.62. The topological polar surface area (TPSA) is 125 Å². The highest BCUT2D eigenvalue weighted by Gasteiger charge is 2.74. The lowest BCUT2D eigenvalue weighted by molar-refractivity contribution is -0.159. The van der Waals surface area contributed by atoms with Gasteiger partial charge >= 0.3 is 5.97 Å². The molecule has 2 fully saturated rings. The minimum absolute atomic E-state index is 0.147. The maximum absolute atomic E-state index is 14.6. The molecule has 0 aromatic heterocycles. The lowest BCUT2D eigenvalue weighted by Crippen LogP contribution is -2.59. The Balaban J connectivity index is 1.57. The Morgan fingerprint density at radius 1 is 1.12 bits per heavy atom. The normalized spacial score (nSPS) is 33.0. The molecule has 1 aromatic rings. The molecule has 3 amide bonds. The molecular weight excluding hydrogens is 538 g/mol. The van der Waals surface area contributed by atoms with Crippen molar-refractivity contribution in [2.45, 2.75) is 75.8 Å². The summed E-state index contributed by atoms with van der Waals surface area (Å²) in [5, 5.41) is 13.4. The number of nitrogens with one attached hydrogen (secondary N) is 1. The molecule has 1 aromatic carbocycles. The van der Waals surface area contributed by atoms with Crippen molar-refractivity contribution in [2.75, 3.05) is 26.2 Å². The molecule has 7 atom stereocenters. The maximum atomic E-state index is 14.6. The van der Waals surface area contributed by atoms with Gasteiger partial charge in [-0.05, 0) is 31.7 Å². The molecule has 5 bridgehead atoms. The van der Waals surface area contributed by atoms with Crippen LogP contribution in [0.3, 0.4) is 0 Å². The Hall–Kier alpha value is -3.50. The van der Waals surface area contributed by atoms with Crippen molar-refractivity contribution in [1.82, 2.24) is 15.1 Å². The molecule has 10 heteroatoms. The van der Waals surface area contributed by atoms with Crippen molar-refractivity contribution < 1.29 is 33.8 Å². The smallest absolute Gasteiger partial charge is 0.313 e. The minimum Gasteiger partial charge on any atom is -0.460 e. The van der Waals surface area contributed by atoms with E-state index in [1.807, 2.05) is 49.4 Å². The predicted molar refractivity (Wildman–Crippen MR) is 154 cm³/mol. The highest BCUT2D eigenvalue weighted by Crippen LogP contribution is 2.56. The Morgan fingerprint density at radius 3 is 2.64 bits per heavy atom. The summed E-state index contributed by atoms with van der Waals surface area (Å²) in [5.41, 5.74) is -0.440. The van der Waals surface area contributed by atoms with E-state index in [-0.39, 0.29) is 31.4 Å². The van der Waals surface area contributed by atoms with E-state index in [9.17, 15) is 24.3 Å². The van der Waals surface area contributed by atoms with Gasteiger partial charge < -0.3 is 29.7 Å². The van der Waals surface area contributed by atoms with Crippen molar-refractivity contribution in [3.8, 4) is 0 Å². The van der Waals surface area contributed by atoms with Crippen LogP contribution in [-0.4, -0.2) is 94.7 Å². The van der Waals surface area contributed by atoms with Crippen LogP contribution in [0, 0.1) is 11.8 Å². The standard InChI is InChI=1S/C32H41N3O7/c1-3-4-16-34-17-10-6-9-13-25(37)33-19-21(2)41-31(40)26-24-14-15-32(42-24)27(26)29(38)35(28(32)30(34)39)23(20-36)18-22-11-7-5-8-12-22/h5-8,10-12,14-15,21,23-24,26-28,36H,3-4,9,13,16-20H2,1-2H3,(H,33,37)/b10-6-/t21-,23+,24+,26-,27-,28+,32-/m0/s1. The van der Waals surface area contributed by atoms with Gasteiger partial charge in [0.15, 0.2) is 0 Å². The van der Waals surface area contributed by atoms with E-state index >= 15 is 0 Å². The van der Waals surface area contributed by atoms with E-state index in [0.29, 0.717) is 25.9 Å². The molecule has 0 aliphatic carbocycles. The molecule has 2 saturated heterocycles. The summed E-state index contributed by atoms with van der Waals surface area (Å²) in [7, 11) is 0. The van der Waals surface area contributed by atoms with E-state index in [1.165, 1.54) is 4.90 Å². The van der Waals surface area contributed by atoms with Crippen LogP contribution >= 0.6 is 0 Å².